The van der Waals surface area contributed by atoms with Gasteiger partial charge in [-0.05, 0) is 47.4 Å². The zero-order chi connectivity index (χ0) is 24.1. The Morgan fingerprint density at radius 3 is 2.36 bits per heavy atom. The van der Waals surface area contributed by atoms with E-state index in [1.165, 1.54) is 17.3 Å². The van der Waals surface area contributed by atoms with Crippen molar-refractivity contribution in [2.24, 2.45) is 0 Å². The van der Waals surface area contributed by atoms with Crippen molar-refractivity contribution >= 4 is 37.5 Å². The number of benzene rings is 2. The smallest absolute Gasteiger partial charge is 0.191 e. The Bertz CT molecular complexity index is 1180. The Balaban J connectivity index is 1.63. The van der Waals surface area contributed by atoms with E-state index in [0.717, 1.165) is 10.2 Å². The van der Waals surface area contributed by atoms with Crippen LogP contribution in [0, 0.1) is 0 Å². The number of rotatable bonds is 10. The quantitative estimate of drug-likeness (QED) is 0.239. The average Bonchev–Trinajstić information content (AvgIpc) is 3.14. The zero-order valence-corrected chi connectivity index (χ0v) is 22.2. The molecule has 0 bridgehead atoms. The molecule has 0 spiro atoms. The van der Waals surface area contributed by atoms with E-state index < -0.39 is 9.84 Å². The molecule has 0 unspecified atom stereocenters. The molecule has 9 heteroatoms. The average molecular weight is 551 g/mol. The van der Waals surface area contributed by atoms with Crippen LogP contribution in [0.25, 0.3) is 0 Å². The van der Waals surface area contributed by atoms with Gasteiger partial charge >= 0.3 is 0 Å². The Morgan fingerprint density at radius 2 is 1.76 bits per heavy atom. The highest BCUT2D eigenvalue weighted by Gasteiger charge is 2.17. The van der Waals surface area contributed by atoms with E-state index in [1.54, 1.807) is 30.3 Å². The molecule has 0 saturated carbocycles. The molecule has 33 heavy (non-hydrogen) atoms. The summed E-state index contributed by atoms with van der Waals surface area (Å²) in [6.45, 7) is 11.1. The molecule has 6 nitrogen and oxygen atoms in total. The third-order valence-electron chi connectivity index (χ3n) is 4.95. The van der Waals surface area contributed by atoms with E-state index >= 15 is 0 Å². The molecular formula is C24H28BrN3O3S2. The first-order valence-electron chi connectivity index (χ1n) is 10.5. The lowest BCUT2D eigenvalue weighted by atomic mass is 9.87. The van der Waals surface area contributed by atoms with Gasteiger partial charge in [-0.1, -0.05) is 66.7 Å². The topological polar surface area (TPSA) is 74.1 Å². The SMILES string of the molecule is C=CCn1c(COc2ccc(C(C)(C)C)cc2)nnc1SCCS(=O)(=O)c1ccc(Br)cc1. The molecule has 0 aliphatic carbocycles. The van der Waals surface area contributed by atoms with Gasteiger partial charge in [-0.15, -0.1) is 16.8 Å². The number of ether oxygens (including phenoxy) is 1. The third-order valence-corrected chi connectivity index (χ3v) is 8.44. The number of halogens is 1. The van der Waals surface area contributed by atoms with Gasteiger partial charge in [-0.2, -0.15) is 0 Å². The minimum absolute atomic E-state index is 0.00616. The van der Waals surface area contributed by atoms with Crippen LogP contribution in [0.5, 0.6) is 5.75 Å². The number of hydrogen-bond acceptors (Lipinski definition) is 6. The summed E-state index contributed by atoms with van der Waals surface area (Å²) in [5, 5.41) is 9.14. The maximum Gasteiger partial charge on any atom is 0.191 e. The van der Waals surface area contributed by atoms with Crippen LogP contribution in [0.1, 0.15) is 32.2 Å². The normalized spacial score (nSPS) is 12.0. The summed E-state index contributed by atoms with van der Waals surface area (Å²) in [4.78, 5) is 0.311. The molecule has 3 rings (SSSR count). The largest absolute Gasteiger partial charge is 0.486 e. The second-order valence-electron chi connectivity index (χ2n) is 8.48. The third kappa shape index (κ3) is 6.94. The van der Waals surface area contributed by atoms with Crippen LogP contribution in [-0.2, 0) is 28.4 Å². The molecule has 3 aromatic rings. The van der Waals surface area contributed by atoms with E-state index in [-0.39, 0.29) is 17.8 Å². The van der Waals surface area contributed by atoms with E-state index in [9.17, 15) is 8.42 Å². The molecule has 0 fully saturated rings. The fourth-order valence-corrected chi connectivity index (χ4v) is 5.93. The molecule has 0 atom stereocenters. The molecule has 0 aliphatic heterocycles. The molecule has 0 radical (unpaired) electrons. The van der Waals surface area contributed by atoms with Crippen LogP contribution in [0.3, 0.4) is 0 Å². The summed E-state index contributed by atoms with van der Waals surface area (Å²) in [5.74, 6) is 1.79. The first-order valence-corrected chi connectivity index (χ1v) is 13.9. The molecule has 1 heterocycles. The number of thioether (sulfide) groups is 1. The molecule has 0 amide bonds. The predicted molar refractivity (Wildman–Crippen MR) is 137 cm³/mol. The van der Waals surface area contributed by atoms with Crippen LogP contribution in [-0.4, -0.2) is 34.7 Å². The van der Waals surface area contributed by atoms with Crippen molar-refractivity contribution in [2.75, 3.05) is 11.5 Å². The molecule has 176 valence electrons. The lowest BCUT2D eigenvalue weighted by molar-refractivity contribution is 0.289. The van der Waals surface area contributed by atoms with Crippen molar-refractivity contribution in [1.82, 2.24) is 14.8 Å². The maximum absolute atomic E-state index is 12.6. The number of hydrogen-bond donors (Lipinski definition) is 0. The van der Waals surface area contributed by atoms with Crippen LogP contribution >= 0.6 is 27.7 Å². The summed E-state index contributed by atoms with van der Waals surface area (Å²) < 4.78 is 33.8. The van der Waals surface area contributed by atoms with Crippen molar-refractivity contribution in [2.45, 2.75) is 49.4 Å². The van der Waals surface area contributed by atoms with E-state index in [0.29, 0.717) is 28.2 Å². The van der Waals surface area contributed by atoms with Gasteiger partial charge in [0.25, 0.3) is 0 Å². The van der Waals surface area contributed by atoms with Crippen LogP contribution in [0.4, 0.5) is 0 Å². The molecule has 1 aromatic heterocycles. The summed E-state index contributed by atoms with van der Waals surface area (Å²) in [7, 11) is -3.37. The van der Waals surface area contributed by atoms with E-state index in [2.05, 4.69) is 65.6 Å². The Labute approximate surface area is 208 Å². The Hall–Kier alpha value is -2.10. The van der Waals surface area contributed by atoms with Gasteiger partial charge < -0.3 is 4.74 Å². The first-order chi connectivity index (χ1) is 15.6. The highest BCUT2D eigenvalue weighted by molar-refractivity contribution is 9.10. The fraction of sp³-hybridized carbons (Fsp3) is 0.333. The second-order valence-corrected chi connectivity index (χ2v) is 12.6. The maximum atomic E-state index is 12.6. The summed E-state index contributed by atoms with van der Waals surface area (Å²) in [6.07, 6.45) is 1.76. The van der Waals surface area contributed by atoms with Gasteiger partial charge in [0.05, 0.1) is 10.6 Å². The number of allylic oxidation sites excluding steroid dienone is 1. The van der Waals surface area contributed by atoms with Crippen molar-refractivity contribution in [3.8, 4) is 5.75 Å². The van der Waals surface area contributed by atoms with Crippen LogP contribution in [0.2, 0.25) is 0 Å². The number of sulfone groups is 1. The Kier molecular flexibility index (Phi) is 8.42. The molecule has 0 aliphatic rings. The van der Waals surface area contributed by atoms with Gasteiger partial charge in [0.2, 0.25) is 0 Å². The molecule has 0 saturated heterocycles. The Morgan fingerprint density at radius 1 is 1.09 bits per heavy atom. The van der Waals surface area contributed by atoms with Gasteiger partial charge in [0, 0.05) is 16.8 Å². The fourth-order valence-electron chi connectivity index (χ4n) is 3.05. The molecular weight excluding hydrogens is 522 g/mol. The van der Waals surface area contributed by atoms with Gasteiger partial charge in [0.15, 0.2) is 20.8 Å². The summed E-state index contributed by atoms with van der Waals surface area (Å²) in [5.41, 5.74) is 1.32. The minimum Gasteiger partial charge on any atom is -0.486 e. The van der Waals surface area contributed by atoms with Crippen molar-refractivity contribution in [3.05, 3.63) is 77.0 Å². The lowest BCUT2D eigenvalue weighted by Crippen LogP contribution is -2.11. The van der Waals surface area contributed by atoms with Crippen LogP contribution in [0.15, 0.2) is 75.7 Å². The molecule has 2 aromatic carbocycles. The van der Waals surface area contributed by atoms with E-state index in [1.807, 2.05) is 16.7 Å². The monoisotopic (exact) mass is 549 g/mol. The van der Waals surface area contributed by atoms with Crippen molar-refractivity contribution < 1.29 is 13.2 Å². The highest BCUT2D eigenvalue weighted by Crippen LogP contribution is 2.25. The second kappa shape index (κ2) is 10.9. The standard InChI is InChI=1S/C24H28BrN3O3S2/c1-5-14-28-22(17-31-20-10-6-18(7-11-20)24(2,3)4)26-27-23(28)32-15-16-33(29,30)21-12-8-19(25)9-13-21/h5-13H,1,14-17H2,2-4H3. The van der Waals surface area contributed by atoms with Crippen molar-refractivity contribution in [3.63, 3.8) is 0 Å². The number of aromatic nitrogens is 3. The van der Waals surface area contributed by atoms with Crippen molar-refractivity contribution in [1.29, 1.82) is 0 Å². The lowest BCUT2D eigenvalue weighted by Gasteiger charge is -2.19. The predicted octanol–water partition coefficient (Wildman–Crippen LogP) is 5.67. The van der Waals surface area contributed by atoms with Gasteiger partial charge in [-0.25, -0.2) is 8.42 Å². The van der Waals surface area contributed by atoms with Crippen LogP contribution < -0.4 is 4.74 Å². The molecule has 0 N–H and O–H groups in total. The zero-order valence-electron chi connectivity index (χ0n) is 19.0. The van der Waals surface area contributed by atoms with E-state index in [4.69, 9.17) is 4.74 Å². The number of nitrogens with zero attached hydrogens (tertiary/aromatic N) is 3. The van der Waals surface area contributed by atoms with Gasteiger partial charge in [-0.3, -0.25) is 4.57 Å². The first kappa shape index (κ1) is 25.5. The minimum atomic E-state index is -3.37. The highest BCUT2D eigenvalue weighted by atomic mass is 79.9. The summed E-state index contributed by atoms with van der Waals surface area (Å²) >= 11 is 4.68. The van der Waals surface area contributed by atoms with Gasteiger partial charge in [0.1, 0.15) is 12.4 Å². The summed E-state index contributed by atoms with van der Waals surface area (Å²) in [6, 6.07) is 14.7.